The number of aryl methyl sites for hydroxylation is 1. The number of aromatic nitrogens is 2. The van der Waals surface area contributed by atoms with Gasteiger partial charge in [-0.1, -0.05) is 24.6 Å². The molecule has 3 aromatic rings. The molecule has 2 aromatic heterocycles. The summed E-state index contributed by atoms with van der Waals surface area (Å²) in [6, 6.07) is 8.05. The van der Waals surface area contributed by atoms with Crippen LogP contribution in [0.4, 0.5) is 18.9 Å². The van der Waals surface area contributed by atoms with Crippen LogP contribution in [0.3, 0.4) is 0 Å². The van der Waals surface area contributed by atoms with Crippen LogP contribution in [0.1, 0.15) is 28.7 Å². The Hall–Kier alpha value is -2.54. The van der Waals surface area contributed by atoms with Crippen molar-refractivity contribution in [3.05, 3.63) is 64.6 Å². The standard InChI is InChI=1S/C17H13ClF3N3O/c1-2-12-15(24-8-4-3-5-14(24)22-12)16(25)23-13-9-10(17(19,20)21)6-7-11(13)18/h3-9H,2H2,1H3,(H,23,25). The van der Waals surface area contributed by atoms with Crippen molar-refractivity contribution < 1.29 is 18.0 Å². The zero-order chi connectivity index (χ0) is 18.2. The van der Waals surface area contributed by atoms with Gasteiger partial charge in [0.25, 0.3) is 5.91 Å². The molecule has 1 aromatic carbocycles. The van der Waals surface area contributed by atoms with Crippen molar-refractivity contribution in [1.29, 1.82) is 0 Å². The van der Waals surface area contributed by atoms with Crippen LogP contribution in [0.5, 0.6) is 0 Å². The Bertz CT molecular complexity index is 950. The van der Waals surface area contributed by atoms with Crippen LogP contribution in [0, 0.1) is 0 Å². The molecule has 25 heavy (non-hydrogen) atoms. The number of imidazole rings is 1. The van der Waals surface area contributed by atoms with Crippen molar-refractivity contribution >= 4 is 28.8 Å². The van der Waals surface area contributed by atoms with Gasteiger partial charge in [0.2, 0.25) is 0 Å². The SMILES string of the molecule is CCc1nc2ccccn2c1C(=O)Nc1cc(C(F)(F)F)ccc1Cl. The van der Waals surface area contributed by atoms with Crippen molar-refractivity contribution in [2.75, 3.05) is 5.32 Å². The molecule has 0 fully saturated rings. The highest BCUT2D eigenvalue weighted by molar-refractivity contribution is 6.34. The summed E-state index contributed by atoms with van der Waals surface area (Å²) in [6.07, 6.45) is -2.35. The number of nitrogens with one attached hydrogen (secondary N) is 1. The fraction of sp³-hybridized carbons (Fsp3) is 0.176. The van der Waals surface area contributed by atoms with Crippen LogP contribution >= 0.6 is 11.6 Å². The van der Waals surface area contributed by atoms with Crippen LogP contribution < -0.4 is 5.32 Å². The van der Waals surface area contributed by atoms with E-state index in [0.717, 1.165) is 18.2 Å². The number of amides is 1. The van der Waals surface area contributed by atoms with E-state index >= 15 is 0 Å². The van der Waals surface area contributed by atoms with Gasteiger partial charge < -0.3 is 5.32 Å². The quantitative estimate of drug-likeness (QED) is 0.721. The third-order valence-corrected chi connectivity index (χ3v) is 4.02. The summed E-state index contributed by atoms with van der Waals surface area (Å²) in [7, 11) is 0. The first-order valence-corrected chi connectivity index (χ1v) is 7.83. The molecule has 0 saturated heterocycles. The van der Waals surface area contributed by atoms with Crippen LogP contribution in [-0.2, 0) is 12.6 Å². The molecular formula is C17H13ClF3N3O. The van der Waals surface area contributed by atoms with Gasteiger partial charge in [-0.2, -0.15) is 13.2 Å². The monoisotopic (exact) mass is 367 g/mol. The molecule has 130 valence electrons. The minimum absolute atomic E-state index is 0.0215. The number of alkyl halides is 3. The van der Waals surface area contributed by atoms with E-state index < -0.39 is 17.6 Å². The summed E-state index contributed by atoms with van der Waals surface area (Å²) in [5.74, 6) is -0.572. The van der Waals surface area contributed by atoms with Crippen molar-refractivity contribution in [1.82, 2.24) is 9.38 Å². The zero-order valence-corrected chi connectivity index (χ0v) is 13.8. The Morgan fingerprint density at radius 2 is 2.04 bits per heavy atom. The highest BCUT2D eigenvalue weighted by Gasteiger charge is 2.31. The highest BCUT2D eigenvalue weighted by Crippen LogP contribution is 2.34. The molecular weight excluding hydrogens is 355 g/mol. The molecule has 2 heterocycles. The predicted molar refractivity (Wildman–Crippen MR) is 89.0 cm³/mol. The van der Waals surface area contributed by atoms with Crippen LogP contribution in [-0.4, -0.2) is 15.3 Å². The summed E-state index contributed by atoms with van der Waals surface area (Å²) in [4.78, 5) is 17.0. The number of pyridine rings is 1. The molecule has 1 N–H and O–H groups in total. The third kappa shape index (κ3) is 3.32. The van der Waals surface area contributed by atoms with Gasteiger partial charge in [0.1, 0.15) is 11.3 Å². The van der Waals surface area contributed by atoms with Crippen LogP contribution in [0.2, 0.25) is 5.02 Å². The van der Waals surface area contributed by atoms with E-state index in [9.17, 15) is 18.0 Å². The minimum Gasteiger partial charge on any atom is -0.319 e. The lowest BCUT2D eigenvalue weighted by Gasteiger charge is -2.12. The smallest absolute Gasteiger partial charge is 0.319 e. The summed E-state index contributed by atoms with van der Waals surface area (Å²) in [5.41, 5.74) is 0.411. The molecule has 1 amide bonds. The molecule has 0 aliphatic heterocycles. The van der Waals surface area contributed by atoms with Gasteiger partial charge in [0.15, 0.2) is 0 Å². The molecule has 3 rings (SSSR count). The number of rotatable bonds is 3. The van der Waals surface area contributed by atoms with Crippen molar-refractivity contribution in [3.8, 4) is 0 Å². The minimum atomic E-state index is -4.53. The van der Waals surface area contributed by atoms with Gasteiger partial charge in [0.05, 0.1) is 22.0 Å². The molecule has 0 unspecified atom stereocenters. The van der Waals surface area contributed by atoms with E-state index in [4.69, 9.17) is 11.6 Å². The number of carbonyl (C=O) groups is 1. The van der Waals surface area contributed by atoms with E-state index in [1.807, 2.05) is 6.92 Å². The van der Waals surface area contributed by atoms with Crippen molar-refractivity contribution in [3.63, 3.8) is 0 Å². The Labute approximate surface area is 146 Å². The van der Waals surface area contributed by atoms with Crippen LogP contribution in [0.15, 0.2) is 42.6 Å². The molecule has 0 atom stereocenters. The van der Waals surface area contributed by atoms with E-state index in [-0.39, 0.29) is 16.4 Å². The molecule has 4 nitrogen and oxygen atoms in total. The first-order valence-electron chi connectivity index (χ1n) is 7.45. The van der Waals surface area contributed by atoms with Crippen molar-refractivity contribution in [2.24, 2.45) is 0 Å². The van der Waals surface area contributed by atoms with Gasteiger partial charge in [-0.05, 0) is 36.8 Å². The largest absolute Gasteiger partial charge is 0.416 e. The summed E-state index contributed by atoms with van der Waals surface area (Å²) in [6.45, 7) is 1.84. The van der Waals surface area contributed by atoms with Gasteiger partial charge in [-0.15, -0.1) is 0 Å². The molecule has 0 saturated carbocycles. The van der Waals surface area contributed by atoms with E-state index in [1.54, 1.807) is 28.8 Å². The Morgan fingerprint density at radius 1 is 1.28 bits per heavy atom. The number of hydrogen-bond acceptors (Lipinski definition) is 2. The topological polar surface area (TPSA) is 46.4 Å². The Balaban J connectivity index is 2.01. The van der Waals surface area contributed by atoms with Crippen molar-refractivity contribution in [2.45, 2.75) is 19.5 Å². The number of anilines is 1. The number of carbonyl (C=O) groups excluding carboxylic acids is 1. The van der Waals surface area contributed by atoms with Gasteiger partial charge in [-0.3, -0.25) is 9.20 Å². The number of fused-ring (bicyclic) bond motifs is 1. The molecule has 8 heteroatoms. The summed E-state index contributed by atoms with van der Waals surface area (Å²) < 4.78 is 40.2. The number of halogens is 4. The van der Waals surface area contributed by atoms with Crippen LogP contribution in [0.25, 0.3) is 5.65 Å². The number of benzene rings is 1. The second-order valence-electron chi connectivity index (χ2n) is 5.34. The first-order chi connectivity index (χ1) is 11.8. The highest BCUT2D eigenvalue weighted by atomic mass is 35.5. The molecule has 0 bridgehead atoms. The van der Waals surface area contributed by atoms with E-state index in [2.05, 4.69) is 10.3 Å². The maximum atomic E-state index is 12.9. The summed E-state index contributed by atoms with van der Waals surface area (Å²) in [5, 5.41) is 2.48. The Morgan fingerprint density at radius 3 is 2.72 bits per heavy atom. The third-order valence-electron chi connectivity index (χ3n) is 3.69. The second kappa shape index (κ2) is 6.40. The van der Waals surface area contributed by atoms with Gasteiger partial charge in [0, 0.05) is 6.20 Å². The molecule has 0 spiro atoms. The average Bonchev–Trinajstić information content (AvgIpc) is 2.94. The maximum Gasteiger partial charge on any atom is 0.416 e. The lowest BCUT2D eigenvalue weighted by Crippen LogP contribution is -2.17. The van der Waals surface area contributed by atoms with E-state index in [1.165, 1.54) is 0 Å². The lowest BCUT2D eigenvalue weighted by atomic mass is 10.2. The summed E-state index contributed by atoms with van der Waals surface area (Å²) >= 11 is 5.94. The Kier molecular flexibility index (Phi) is 4.43. The first kappa shape index (κ1) is 17.3. The number of hydrogen-bond donors (Lipinski definition) is 1. The maximum absolute atomic E-state index is 12.9. The van der Waals surface area contributed by atoms with E-state index in [0.29, 0.717) is 17.8 Å². The molecule has 0 aliphatic rings. The average molecular weight is 368 g/mol. The molecule has 0 aliphatic carbocycles. The molecule has 0 radical (unpaired) electrons. The normalized spacial score (nSPS) is 11.7. The fourth-order valence-electron chi connectivity index (χ4n) is 2.51. The van der Waals surface area contributed by atoms with Gasteiger partial charge >= 0.3 is 6.18 Å². The fourth-order valence-corrected chi connectivity index (χ4v) is 2.68. The number of nitrogens with zero attached hydrogens (tertiary/aromatic N) is 2. The lowest BCUT2D eigenvalue weighted by molar-refractivity contribution is -0.137. The predicted octanol–water partition coefficient (Wildman–Crippen LogP) is 4.82. The second-order valence-corrected chi connectivity index (χ2v) is 5.74. The zero-order valence-electron chi connectivity index (χ0n) is 13.1. The van der Waals surface area contributed by atoms with Gasteiger partial charge in [-0.25, -0.2) is 4.98 Å².